The molecule has 0 bridgehead atoms. The molecule has 0 amide bonds. The topological polar surface area (TPSA) is 32.5 Å². The summed E-state index contributed by atoms with van der Waals surface area (Å²) in [4.78, 5) is 4.86. The van der Waals surface area contributed by atoms with E-state index in [9.17, 15) is 0 Å². The predicted octanol–water partition coefficient (Wildman–Crippen LogP) is 2.48. The van der Waals surface area contributed by atoms with Gasteiger partial charge >= 0.3 is 0 Å². The summed E-state index contributed by atoms with van der Waals surface area (Å²) < 4.78 is 1.14. The third-order valence-electron chi connectivity index (χ3n) is 3.92. The number of piperidine rings is 1. The lowest BCUT2D eigenvalue weighted by Crippen LogP contribution is -2.45. The van der Waals surface area contributed by atoms with Crippen LogP contribution in [-0.4, -0.2) is 44.7 Å². The smallest absolute Gasteiger partial charge is 0.0400 e. The van der Waals surface area contributed by atoms with Gasteiger partial charge in [-0.1, -0.05) is 15.9 Å². The molecule has 1 fully saturated rings. The predicted molar refractivity (Wildman–Crippen MR) is 85.8 cm³/mol. The summed E-state index contributed by atoms with van der Waals surface area (Å²) >= 11 is 3.56. The fourth-order valence-electron chi connectivity index (χ4n) is 2.81. The number of hydrogen-bond donors (Lipinski definition) is 1. The SMILES string of the molecule is CN(C)C1CCCN(c2ccc(Br)cc2CCN)C1. The minimum absolute atomic E-state index is 0.656. The van der Waals surface area contributed by atoms with Gasteiger partial charge in [0.25, 0.3) is 0 Å². The van der Waals surface area contributed by atoms with Crippen molar-refractivity contribution in [2.24, 2.45) is 5.73 Å². The van der Waals surface area contributed by atoms with Crippen molar-refractivity contribution in [3.05, 3.63) is 28.2 Å². The molecular weight excluding hydrogens is 302 g/mol. The largest absolute Gasteiger partial charge is 0.370 e. The normalized spacial score (nSPS) is 20.1. The molecule has 106 valence electrons. The van der Waals surface area contributed by atoms with Gasteiger partial charge in [-0.05, 0) is 63.7 Å². The lowest BCUT2D eigenvalue weighted by atomic mass is 10.0. The Bertz CT molecular complexity index is 420. The van der Waals surface area contributed by atoms with Crippen molar-refractivity contribution in [1.29, 1.82) is 0 Å². The Labute approximate surface area is 124 Å². The Kier molecular flexibility index (Phi) is 5.25. The van der Waals surface area contributed by atoms with Gasteiger partial charge in [-0.15, -0.1) is 0 Å². The Morgan fingerprint density at radius 1 is 1.42 bits per heavy atom. The third kappa shape index (κ3) is 3.71. The lowest BCUT2D eigenvalue weighted by molar-refractivity contribution is 0.258. The van der Waals surface area contributed by atoms with Crippen LogP contribution in [0.5, 0.6) is 0 Å². The Hall–Kier alpha value is -0.580. The van der Waals surface area contributed by atoms with Gasteiger partial charge < -0.3 is 15.5 Å². The van der Waals surface area contributed by atoms with Crippen LogP contribution < -0.4 is 10.6 Å². The van der Waals surface area contributed by atoms with E-state index in [4.69, 9.17) is 5.73 Å². The van der Waals surface area contributed by atoms with Crippen molar-refractivity contribution >= 4 is 21.6 Å². The zero-order valence-electron chi connectivity index (χ0n) is 11.9. The van der Waals surface area contributed by atoms with E-state index in [1.807, 2.05) is 0 Å². The van der Waals surface area contributed by atoms with Crippen LogP contribution in [0.1, 0.15) is 18.4 Å². The van der Waals surface area contributed by atoms with Gasteiger partial charge in [0.05, 0.1) is 0 Å². The molecule has 3 nitrogen and oxygen atoms in total. The van der Waals surface area contributed by atoms with Crippen LogP contribution in [0.3, 0.4) is 0 Å². The molecule has 1 saturated heterocycles. The summed E-state index contributed by atoms with van der Waals surface area (Å²) in [6.45, 7) is 2.98. The summed E-state index contributed by atoms with van der Waals surface area (Å²) in [5.41, 5.74) is 8.46. The van der Waals surface area contributed by atoms with Crippen molar-refractivity contribution in [2.75, 3.05) is 38.6 Å². The molecule has 1 heterocycles. The van der Waals surface area contributed by atoms with Crippen LogP contribution in [0.15, 0.2) is 22.7 Å². The number of hydrogen-bond acceptors (Lipinski definition) is 3. The van der Waals surface area contributed by atoms with E-state index in [-0.39, 0.29) is 0 Å². The molecule has 0 spiro atoms. The van der Waals surface area contributed by atoms with Crippen molar-refractivity contribution < 1.29 is 0 Å². The van der Waals surface area contributed by atoms with Gasteiger partial charge in [0.15, 0.2) is 0 Å². The maximum atomic E-state index is 5.74. The molecule has 1 aliphatic rings. The van der Waals surface area contributed by atoms with Gasteiger partial charge in [-0.25, -0.2) is 0 Å². The van der Waals surface area contributed by atoms with Crippen LogP contribution in [0.25, 0.3) is 0 Å². The highest BCUT2D eigenvalue weighted by Crippen LogP contribution is 2.28. The van der Waals surface area contributed by atoms with Crippen LogP contribution in [0, 0.1) is 0 Å². The van der Waals surface area contributed by atoms with Crippen molar-refractivity contribution in [1.82, 2.24) is 4.90 Å². The molecule has 1 aromatic carbocycles. The molecule has 0 aliphatic carbocycles. The number of halogens is 1. The summed E-state index contributed by atoms with van der Waals surface area (Å²) in [5, 5.41) is 0. The quantitative estimate of drug-likeness (QED) is 0.923. The van der Waals surface area contributed by atoms with Gasteiger partial charge in [-0.3, -0.25) is 0 Å². The van der Waals surface area contributed by atoms with E-state index in [0.717, 1.165) is 24.0 Å². The number of nitrogens with zero attached hydrogens (tertiary/aromatic N) is 2. The Morgan fingerprint density at radius 2 is 2.21 bits per heavy atom. The van der Waals surface area contributed by atoms with Gasteiger partial charge in [0.1, 0.15) is 0 Å². The van der Waals surface area contributed by atoms with Crippen LogP contribution in [0.2, 0.25) is 0 Å². The Balaban J connectivity index is 2.20. The second-order valence-corrected chi connectivity index (χ2v) is 6.43. The number of rotatable bonds is 4. The first-order valence-electron chi connectivity index (χ1n) is 7.01. The minimum Gasteiger partial charge on any atom is -0.370 e. The molecule has 0 aromatic heterocycles. The van der Waals surface area contributed by atoms with Gasteiger partial charge in [0, 0.05) is 29.3 Å². The molecule has 1 aromatic rings. The van der Waals surface area contributed by atoms with E-state index in [0.29, 0.717) is 12.6 Å². The van der Waals surface area contributed by atoms with E-state index >= 15 is 0 Å². The molecule has 19 heavy (non-hydrogen) atoms. The number of anilines is 1. The minimum atomic E-state index is 0.656. The maximum Gasteiger partial charge on any atom is 0.0400 e. The summed E-state index contributed by atoms with van der Waals surface area (Å²) in [5.74, 6) is 0. The molecule has 1 aliphatic heterocycles. The highest BCUT2D eigenvalue weighted by atomic mass is 79.9. The maximum absolute atomic E-state index is 5.74. The molecule has 1 unspecified atom stereocenters. The van der Waals surface area contributed by atoms with Crippen LogP contribution in [-0.2, 0) is 6.42 Å². The lowest BCUT2D eigenvalue weighted by Gasteiger charge is -2.38. The zero-order valence-corrected chi connectivity index (χ0v) is 13.5. The van der Waals surface area contributed by atoms with Gasteiger partial charge in [-0.2, -0.15) is 0 Å². The van der Waals surface area contributed by atoms with Gasteiger partial charge in [0.2, 0.25) is 0 Å². The van der Waals surface area contributed by atoms with E-state index in [1.54, 1.807) is 0 Å². The standard InChI is InChI=1S/C15H24BrN3/c1-18(2)14-4-3-9-19(11-14)15-6-5-13(16)10-12(15)7-8-17/h5-6,10,14H,3-4,7-9,11,17H2,1-2H3. The first kappa shape index (κ1) is 14.8. The third-order valence-corrected chi connectivity index (χ3v) is 4.42. The van der Waals surface area contributed by atoms with E-state index < -0.39 is 0 Å². The molecule has 2 rings (SSSR count). The molecule has 2 N–H and O–H groups in total. The zero-order chi connectivity index (χ0) is 13.8. The number of benzene rings is 1. The molecule has 0 saturated carbocycles. The first-order chi connectivity index (χ1) is 9.11. The van der Waals surface area contributed by atoms with Crippen LogP contribution >= 0.6 is 15.9 Å². The average Bonchev–Trinajstić information content (AvgIpc) is 2.39. The summed E-state index contributed by atoms with van der Waals surface area (Å²) in [6.07, 6.45) is 3.51. The van der Waals surface area contributed by atoms with Crippen molar-refractivity contribution in [3.8, 4) is 0 Å². The van der Waals surface area contributed by atoms with E-state index in [1.165, 1.54) is 24.1 Å². The fourth-order valence-corrected chi connectivity index (χ4v) is 3.22. The highest BCUT2D eigenvalue weighted by Gasteiger charge is 2.22. The molecule has 4 heteroatoms. The summed E-state index contributed by atoms with van der Waals surface area (Å²) in [7, 11) is 4.35. The second-order valence-electron chi connectivity index (χ2n) is 5.52. The van der Waals surface area contributed by atoms with Crippen molar-refractivity contribution in [2.45, 2.75) is 25.3 Å². The van der Waals surface area contributed by atoms with E-state index in [2.05, 4.69) is 58.0 Å². The monoisotopic (exact) mass is 325 g/mol. The molecule has 0 radical (unpaired) electrons. The summed E-state index contributed by atoms with van der Waals surface area (Å²) in [6, 6.07) is 7.23. The Morgan fingerprint density at radius 3 is 2.89 bits per heavy atom. The average molecular weight is 326 g/mol. The molecular formula is C15H24BrN3. The fraction of sp³-hybridized carbons (Fsp3) is 0.600. The number of nitrogens with two attached hydrogens (primary N) is 1. The highest BCUT2D eigenvalue weighted by molar-refractivity contribution is 9.10. The first-order valence-corrected chi connectivity index (χ1v) is 7.81. The number of likely N-dealkylation sites (N-methyl/N-ethyl adjacent to an activating group) is 1. The second kappa shape index (κ2) is 6.73. The van der Waals surface area contributed by atoms with Crippen molar-refractivity contribution in [3.63, 3.8) is 0 Å². The molecule has 1 atom stereocenters. The van der Waals surface area contributed by atoms with Crippen LogP contribution in [0.4, 0.5) is 5.69 Å².